The molecule has 0 unspecified atom stereocenters. The van der Waals surface area contributed by atoms with E-state index in [1.54, 1.807) is 12.4 Å². The summed E-state index contributed by atoms with van der Waals surface area (Å²) in [6.45, 7) is 0. The highest BCUT2D eigenvalue weighted by Crippen LogP contribution is 2.17. The van der Waals surface area contributed by atoms with Crippen LogP contribution in [0.3, 0.4) is 0 Å². The van der Waals surface area contributed by atoms with Crippen molar-refractivity contribution in [1.82, 2.24) is 19.6 Å². The van der Waals surface area contributed by atoms with Gasteiger partial charge in [0.15, 0.2) is 0 Å². The quantitative estimate of drug-likeness (QED) is 0.606. The highest BCUT2D eigenvalue weighted by Gasteiger charge is 2.13. The maximum atomic E-state index is 12.4. The molecule has 4 aromatic rings. The van der Waals surface area contributed by atoms with Gasteiger partial charge in [-0.15, -0.1) is 0 Å². The first-order valence-corrected chi connectivity index (χ1v) is 7.53. The fraction of sp³-hybridized carbons (Fsp3) is 0.0556. The number of aromatic amines is 2. The summed E-state index contributed by atoms with van der Waals surface area (Å²) in [5.41, 5.74) is 2.90. The molecule has 2 N–H and O–H groups in total. The normalized spacial score (nSPS) is 11.0. The third kappa shape index (κ3) is 2.44. The third-order valence-corrected chi connectivity index (χ3v) is 3.93. The molecule has 0 spiro atoms. The van der Waals surface area contributed by atoms with Crippen molar-refractivity contribution < 1.29 is 0 Å². The number of hydrogen-bond acceptors (Lipinski definition) is 3. The van der Waals surface area contributed by atoms with Gasteiger partial charge in [0.1, 0.15) is 5.65 Å². The van der Waals surface area contributed by atoms with Crippen molar-refractivity contribution in [2.75, 3.05) is 0 Å². The van der Waals surface area contributed by atoms with Crippen molar-refractivity contribution in [3.8, 4) is 11.3 Å². The number of H-pyrrole nitrogens is 2. The van der Waals surface area contributed by atoms with Crippen LogP contribution in [0.4, 0.5) is 0 Å². The molecule has 0 radical (unpaired) electrons. The van der Waals surface area contributed by atoms with Crippen LogP contribution in [0.5, 0.6) is 0 Å². The van der Waals surface area contributed by atoms with Crippen molar-refractivity contribution in [1.29, 1.82) is 0 Å². The number of aromatic nitrogens is 4. The molecule has 0 aliphatic carbocycles. The summed E-state index contributed by atoms with van der Waals surface area (Å²) in [5, 5.41) is 2.59. The topological polar surface area (TPSA) is 83.0 Å². The van der Waals surface area contributed by atoms with Crippen LogP contribution in [0, 0.1) is 0 Å². The van der Waals surface area contributed by atoms with Crippen molar-refractivity contribution in [3.05, 3.63) is 92.8 Å². The smallest absolute Gasteiger partial charge is 0.273 e. The lowest BCUT2D eigenvalue weighted by atomic mass is 10.1. The average Bonchev–Trinajstić information content (AvgIpc) is 2.93. The maximum Gasteiger partial charge on any atom is 0.273 e. The Morgan fingerprint density at radius 1 is 1.04 bits per heavy atom. The zero-order valence-corrected chi connectivity index (χ0v) is 12.7. The molecule has 0 fully saturated rings. The van der Waals surface area contributed by atoms with Crippen molar-refractivity contribution in [3.63, 3.8) is 0 Å². The van der Waals surface area contributed by atoms with E-state index >= 15 is 0 Å². The summed E-state index contributed by atoms with van der Waals surface area (Å²) in [5.74, 6) is 0. The molecule has 0 aliphatic heterocycles. The van der Waals surface area contributed by atoms with Crippen molar-refractivity contribution in [2.24, 2.45) is 0 Å². The second-order valence-corrected chi connectivity index (χ2v) is 5.53. The predicted octanol–water partition coefficient (Wildman–Crippen LogP) is 1.97. The van der Waals surface area contributed by atoms with E-state index in [1.165, 1.54) is 10.6 Å². The first-order chi connectivity index (χ1) is 11.7. The molecular formula is C18H14N4O2. The average molecular weight is 318 g/mol. The van der Waals surface area contributed by atoms with Crippen molar-refractivity contribution >= 4 is 5.65 Å². The van der Waals surface area contributed by atoms with Gasteiger partial charge in [0.2, 0.25) is 0 Å². The predicted molar refractivity (Wildman–Crippen MR) is 91.1 cm³/mol. The molecule has 4 rings (SSSR count). The number of nitrogens with one attached hydrogen (secondary N) is 2. The van der Waals surface area contributed by atoms with Crippen LogP contribution in [-0.2, 0) is 6.42 Å². The zero-order chi connectivity index (χ0) is 16.5. The molecule has 3 aromatic heterocycles. The van der Waals surface area contributed by atoms with E-state index in [4.69, 9.17) is 0 Å². The number of hydrogen-bond donors (Lipinski definition) is 2. The molecule has 0 atom stereocenters. The number of pyridine rings is 1. The summed E-state index contributed by atoms with van der Waals surface area (Å²) in [6.07, 6.45) is 3.79. The van der Waals surface area contributed by atoms with Gasteiger partial charge in [-0.05, 0) is 17.2 Å². The molecule has 0 saturated carbocycles. The lowest BCUT2D eigenvalue weighted by molar-refractivity contribution is 0.884. The fourth-order valence-electron chi connectivity index (χ4n) is 2.76. The summed E-state index contributed by atoms with van der Waals surface area (Å²) in [4.78, 5) is 31.9. The fourth-order valence-corrected chi connectivity index (χ4v) is 2.76. The van der Waals surface area contributed by atoms with Crippen LogP contribution in [-0.4, -0.2) is 19.6 Å². The van der Waals surface area contributed by atoms with Crippen LogP contribution < -0.4 is 11.1 Å². The Balaban J connectivity index is 1.91. The van der Waals surface area contributed by atoms with Gasteiger partial charge in [-0.2, -0.15) is 0 Å². The van der Waals surface area contributed by atoms with Gasteiger partial charge in [0, 0.05) is 24.9 Å². The van der Waals surface area contributed by atoms with Gasteiger partial charge in [-0.3, -0.25) is 19.7 Å². The van der Waals surface area contributed by atoms with E-state index in [0.29, 0.717) is 23.3 Å². The molecule has 24 heavy (non-hydrogen) atoms. The van der Waals surface area contributed by atoms with Gasteiger partial charge in [-0.1, -0.05) is 36.4 Å². The van der Waals surface area contributed by atoms with Gasteiger partial charge in [-0.25, -0.2) is 4.52 Å². The van der Waals surface area contributed by atoms with Gasteiger partial charge < -0.3 is 4.98 Å². The number of nitrogens with zero attached hydrogens (tertiary/aromatic N) is 2. The monoisotopic (exact) mass is 318 g/mol. The number of rotatable bonds is 3. The Hall–Kier alpha value is -3.41. The molecule has 0 aliphatic rings. The third-order valence-electron chi connectivity index (χ3n) is 3.93. The van der Waals surface area contributed by atoms with E-state index in [-0.39, 0.29) is 11.1 Å². The van der Waals surface area contributed by atoms with Crippen LogP contribution in [0.2, 0.25) is 0 Å². The highest BCUT2D eigenvalue weighted by molar-refractivity contribution is 5.62. The van der Waals surface area contributed by atoms with E-state index in [2.05, 4.69) is 15.1 Å². The first kappa shape index (κ1) is 14.2. The van der Waals surface area contributed by atoms with Crippen LogP contribution >= 0.6 is 0 Å². The Morgan fingerprint density at radius 3 is 2.62 bits per heavy atom. The molecule has 1 aromatic carbocycles. The minimum absolute atomic E-state index is 0.280. The Morgan fingerprint density at radius 2 is 1.88 bits per heavy atom. The molecule has 118 valence electrons. The van der Waals surface area contributed by atoms with Crippen LogP contribution in [0.25, 0.3) is 16.9 Å². The van der Waals surface area contributed by atoms with E-state index in [0.717, 1.165) is 11.1 Å². The van der Waals surface area contributed by atoms with Gasteiger partial charge >= 0.3 is 0 Å². The Bertz CT molecular complexity index is 1110. The maximum absolute atomic E-state index is 12.4. The standard InChI is InChI=1S/C18H14N4O2/c23-16-10-15(13-6-2-1-3-7-13)20-17-14(18(24)21-22(16)17)9-12-5-4-8-19-11-12/h1-8,10-11,20H,9H2,(H,21,24). The molecule has 6 heteroatoms. The minimum atomic E-state index is -0.280. The van der Waals surface area contributed by atoms with Crippen molar-refractivity contribution in [2.45, 2.75) is 6.42 Å². The number of fused-ring (bicyclic) bond motifs is 1. The van der Waals surface area contributed by atoms with Crippen LogP contribution in [0.1, 0.15) is 11.1 Å². The lowest BCUT2D eigenvalue weighted by Gasteiger charge is -2.04. The van der Waals surface area contributed by atoms with E-state index in [9.17, 15) is 9.59 Å². The minimum Gasteiger partial charge on any atom is -0.339 e. The lowest BCUT2D eigenvalue weighted by Crippen LogP contribution is -2.15. The first-order valence-electron chi connectivity index (χ1n) is 7.53. The SMILES string of the molecule is O=c1[nH]n2c(=O)cc(-c3ccccc3)[nH]c2c1Cc1cccnc1. The molecule has 3 heterocycles. The Kier molecular flexibility index (Phi) is 3.35. The molecule has 0 saturated heterocycles. The highest BCUT2D eigenvalue weighted by atomic mass is 16.1. The summed E-state index contributed by atoms with van der Waals surface area (Å²) < 4.78 is 1.25. The summed E-state index contributed by atoms with van der Waals surface area (Å²) in [6, 6.07) is 14.7. The molecular weight excluding hydrogens is 304 g/mol. The van der Waals surface area contributed by atoms with Crippen LogP contribution in [0.15, 0.2) is 70.5 Å². The largest absolute Gasteiger partial charge is 0.339 e. The van der Waals surface area contributed by atoms with Gasteiger partial charge in [0.05, 0.1) is 11.3 Å². The molecule has 0 amide bonds. The number of benzene rings is 1. The molecule has 0 bridgehead atoms. The molecule has 6 nitrogen and oxygen atoms in total. The van der Waals surface area contributed by atoms with E-state index in [1.807, 2.05) is 42.5 Å². The van der Waals surface area contributed by atoms with Gasteiger partial charge in [0.25, 0.3) is 11.1 Å². The zero-order valence-electron chi connectivity index (χ0n) is 12.7. The summed E-state index contributed by atoms with van der Waals surface area (Å²) >= 11 is 0. The second-order valence-electron chi connectivity index (χ2n) is 5.53. The Labute approximate surface area is 136 Å². The summed E-state index contributed by atoms with van der Waals surface area (Å²) in [7, 11) is 0. The second kappa shape index (κ2) is 5.66. The van der Waals surface area contributed by atoms with E-state index < -0.39 is 0 Å².